The van der Waals surface area contributed by atoms with E-state index in [1.54, 1.807) is 41.3 Å². The first-order valence-electron chi connectivity index (χ1n) is 9.31. The van der Waals surface area contributed by atoms with E-state index in [1.807, 2.05) is 12.1 Å². The molecule has 0 bridgehead atoms. The Morgan fingerprint density at radius 1 is 1.07 bits per heavy atom. The largest absolute Gasteiger partial charge is 0.334 e. The monoisotopic (exact) mass is 416 g/mol. The Labute approximate surface area is 170 Å². The summed E-state index contributed by atoms with van der Waals surface area (Å²) in [6.45, 7) is 0.935. The lowest BCUT2D eigenvalue weighted by Crippen LogP contribution is -2.30. The summed E-state index contributed by atoms with van der Waals surface area (Å²) in [6.07, 6.45) is 1.33. The van der Waals surface area contributed by atoms with Crippen LogP contribution >= 0.6 is 0 Å². The number of rotatable bonds is 7. The summed E-state index contributed by atoms with van der Waals surface area (Å²) >= 11 is 0. The van der Waals surface area contributed by atoms with Crippen LogP contribution in [0.4, 0.5) is 16.2 Å². The van der Waals surface area contributed by atoms with Gasteiger partial charge in [-0.2, -0.15) is 0 Å². The molecule has 2 aromatic rings. The summed E-state index contributed by atoms with van der Waals surface area (Å²) in [5.41, 5.74) is 2.78. The highest BCUT2D eigenvalue weighted by Crippen LogP contribution is 2.29. The average Bonchev–Trinajstić information content (AvgIpc) is 3.13. The second-order valence-corrected chi connectivity index (χ2v) is 8.68. The molecule has 0 saturated carbocycles. The molecule has 2 aromatic carbocycles. The van der Waals surface area contributed by atoms with Crippen LogP contribution in [0, 0.1) is 0 Å². The van der Waals surface area contributed by atoms with E-state index < -0.39 is 10.0 Å². The van der Waals surface area contributed by atoms with Crippen LogP contribution in [0.2, 0.25) is 0 Å². The predicted octanol–water partition coefficient (Wildman–Crippen LogP) is 2.18. The van der Waals surface area contributed by atoms with E-state index in [4.69, 9.17) is 0 Å². The van der Waals surface area contributed by atoms with Crippen molar-refractivity contribution < 1.29 is 18.0 Å². The highest BCUT2D eigenvalue weighted by atomic mass is 32.2. The number of hydrogen-bond donors (Lipinski definition) is 3. The van der Waals surface area contributed by atoms with Crippen LogP contribution in [0.5, 0.6) is 0 Å². The fraction of sp³-hybridized carbons (Fsp3) is 0.300. The molecule has 3 amide bonds. The molecule has 0 aromatic heterocycles. The van der Waals surface area contributed by atoms with Crippen LogP contribution in [-0.4, -0.2) is 33.9 Å². The van der Waals surface area contributed by atoms with Crippen LogP contribution in [0.25, 0.3) is 0 Å². The number of nitrogens with zero attached hydrogens (tertiary/aromatic N) is 1. The van der Waals surface area contributed by atoms with Crippen molar-refractivity contribution in [3.63, 3.8) is 0 Å². The molecule has 8 nitrogen and oxygen atoms in total. The third kappa shape index (κ3) is 5.55. The minimum absolute atomic E-state index is 0.0556. The number of urea groups is 1. The van der Waals surface area contributed by atoms with Crippen molar-refractivity contribution in [2.45, 2.75) is 25.1 Å². The standard InChI is InChI=1S/C20H24N4O4S/c1-21-29(27,28)14-16-10-8-15(9-11-16)13-22-20(26)23-17-5-2-3-6-18(17)24-12-4-7-19(24)25/h2-3,5-6,8-11,21H,4,7,12-14H2,1H3,(H2,22,23,26). The maximum Gasteiger partial charge on any atom is 0.319 e. The number of carbonyl (C=O) groups is 2. The maximum atomic E-state index is 12.3. The zero-order valence-electron chi connectivity index (χ0n) is 16.1. The van der Waals surface area contributed by atoms with Crippen LogP contribution < -0.4 is 20.3 Å². The van der Waals surface area contributed by atoms with Crippen molar-refractivity contribution in [2.24, 2.45) is 0 Å². The molecular formula is C20H24N4O4S. The van der Waals surface area contributed by atoms with Gasteiger partial charge in [-0.25, -0.2) is 17.9 Å². The number of hydrogen-bond acceptors (Lipinski definition) is 4. The molecule has 154 valence electrons. The van der Waals surface area contributed by atoms with E-state index in [2.05, 4.69) is 15.4 Å². The van der Waals surface area contributed by atoms with E-state index >= 15 is 0 Å². The first-order valence-corrected chi connectivity index (χ1v) is 11.0. The Kier molecular flexibility index (Phi) is 6.50. The lowest BCUT2D eigenvalue weighted by molar-refractivity contribution is -0.117. The molecule has 1 aliphatic heterocycles. The van der Waals surface area contributed by atoms with Crippen LogP contribution in [-0.2, 0) is 27.1 Å². The van der Waals surface area contributed by atoms with E-state index in [-0.39, 0.29) is 24.2 Å². The quantitative estimate of drug-likeness (QED) is 0.643. The topological polar surface area (TPSA) is 108 Å². The Hall–Kier alpha value is -2.91. The molecule has 3 rings (SSSR count). The molecule has 1 saturated heterocycles. The summed E-state index contributed by atoms with van der Waals surface area (Å²) in [6, 6.07) is 13.8. The first kappa shape index (κ1) is 20.8. The highest BCUT2D eigenvalue weighted by Gasteiger charge is 2.24. The molecule has 9 heteroatoms. The highest BCUT2D eigenvalue weighted by molar-refractivity contribution is 7.88. The van der Waals surface area contributed by atoms with Gasteiger partial charge in [0.1, 0.15) is 0 Å². The Balaban J connectivity index is 1.58. The Morgan fingerprint density at radius 2 is 1.76 bits per heavy atom. The van der Waals surface area contributed by atoms with E-state index in [0.717, 1.165) is 12.0 Å². The zero-order chi connectivity index (χ0) is 20.9. The lowest BCUT2D eigenvalue weighted by atomic mass is 10.1. The number of nitrogens with one attached hydrogen (secondary N) is 3. The molecule has 1 fully saturated rings. The van der Waals surface area contributed by atoms with E-state index in [1.165, 1.54) is 7.05 Å². The summed E-state index contributed by atoms with van der Waals surface area (Å²) in [5.74, 6) is -0.0380. The number of carbonyl (C=O) groups excluding carboxylic acids is 2. The zero-order valence-corrected chi connectivity index (χ0v) is 17.0. The molecule has 1 heterocycles. The number of anilines is 2. The normalized spacial score (nSPS) is 14.1. The number of para-hydroxylation sites is 2. The van der Waals surface area contributed by atoms with E-state index in [9.17, 15) is 18.0 Å². The van der Waals surface area contributed by atoms with Gasteiger partial charge in [0.05, 0.1) is 17.1 Å². The van der Waals surface area contributed by atoms with Crippen LogP contribution in [0.15, 0.2) is 48.5 Å². The second kappa shape index (κ2) is 9.06. The van der Waals surface area contributed by atoms with Gasteiger partial charge in [-0.15, -0.1) is 0 Å². The van der Waals surface area contributed by atoms with Crippen molar-refractivity contribution in [1.29, 1.82) is 0 Å². The lowest BCUT2D eigenvalue weighted by Gasteiger charge is -2.20. The van der Waals surface area contributed by atoms with Gasteiger partial charge in [0, 0.05) is 19.5 Å². The molecule has 29 heavy (non-hydrogen) atoms. The molecule has 0 spiro atoms. The van der Waals surface area contributed by atoms with Gasteiger partial charge in [-0.3, -0.25) is 4.79 Å². The summed E-state index contributed by atoms with van der Waals surface area (Å²) in [4.78, 5) is 26.0. The molecule has 0 unspecified atom stereocenters. The number of amides is 3. The molecule has 0 atom stereocenters. The molecule has 0 aliphatic carbocycles. The van der Waals surface area contributed by atoms with Gasteiger partial charge in [-0.05, 0) is 36.7 Å². The Morgan fingerprint density at radius 3 is 2.41 bits per heavy atom. The minimum Gasteiger partial charge on any atom is -0.334 e. The molecule has 1 aliphatic rings. The third-order valence-electron chi connectivity index (χ3n) is 4.66. The van der Waals surface area contributed by atoms with Gasteiger partial charge in [0.15, 0.2) is 0 Å². The van der Waals surface area contributed by atoms with Gasteiger partial charge >= 0.3 is 6.03 Å². The minimum atomic E-state index is -3.32. The van der Waals surface area contributed by atoms with Gasteiger partial charge in [0.25, 0.3) is 0 Å². The fourth-order valence-corrected chi connectivity index (χ4v) is 3.89. The summed E-state index contributed by atoms with van der Waals surface area (Å²) < 4.78 is 25.4. The van der Waals surface area contributed by atoms with Crippen molar-refractivity contribution in [3.8, 4) is 0 Å². The van der Waals surface area contributed by atoms with Gasteiger partial charge < -0.3 is 15.5 Å². The summed E-state index contributed by atoms with van der Waals surface area (Å²) in [7, 11) is -1.94. The third-order valence-corrected chi connectivity index (χ3v) is 6.00. The maximum absolute atomic E-state index is 12.3. The van der Waals surface area contributed by atoms with Crippen LogP contribution in [0.3, 0.4) is 0 Å². The molecule has 0 radical (unpaired) electrons. The molecular weight excluding hydrogens is 392 g/mol. The average molecular weight is 417 g/mol. The van der Waals surface area contributed by atoms with Crippen molar-refractivity contribution >= 4 is 33.3 Å². The first-order chi connectivity index (χ1) is 13.9. The van der Waals surface area contributed by atoms with Crippen molar-refractivity contribution in [1.82, 2.24) is 10.0 Å². The van der Waals surface area contributed by atoms with E-state index in [0.29, 0.717) is 29.9 Å². The van der Waals surface area contributed by atoms with Gasteiger partial charge in [0.2, 0.25) is 15.9 Å². The molecule has 3 N–H and O–H groups in total. The Bertz CT molecular complexity index is 990. The number of sulfonamides is 1. The number of benzene rings is 2. The van der Waals surface area contributed by atoms with Crippen LogP contribution in [0.1, 0.15) is 24.0 Å². The SMILES string of the molecule is CNS(=O)(=O)Cc1ccc(CNC(=O)Nc2ccccc2N2CCCC2=O)cc1. The fourth-order valence-electron chi connectivity index (χ4n) is 3.11. The second-order valence-electron chi connectivity index (χ2n) is 6.75. The predicted molar refractivity (Wildman–Crippen MR) is 112 cm³/mol. The van der Waals surface area contributed by atoms with Crippen molar-refractivity contribution in [3.05, 3.63) is 59.7 Å². The summed E-state index contributed by atoms with van der Waals surface area (Å²) in [5, 5.41) is 5.57. The van der Waals surface area contributed by atoms with Gasteiger partial charge in [-0.1, -0.05) is 36.4 Å². The van der Waals surface area contributed by atoms with Crippen molar-refractivity contribution in [2.75, 3.05) is 23.8 Å². The smallest absolute Gasteiger partial charge is 0.319 e.